The molecule has 0 aromatic rings. The van der Waals surface area contributed by atoms with Crippen LogP contribution in [0, 0.1) is 20.2 Å². The van der Waals surface area contributed by atoms with Gasteiger partial charge < -0.3 is 4.74 Å². The lowest BCUT2D eigenvalue weighted by Gasteiger charge is -2.17. The van der Waals surface area contributed by atoms with E-state index in [1.54, 1.807) is 0 Å². The molecule has 100 valence electrons. The van der Waals surface area contributed by atoms with Crippen molar-refractivity contribution >= 4 is 0 Å². The number of ether oxygens (including phenoxy) is 1. The highest BCUT2D eigenvalue weighted by atomic mass is 19.3. The normalized spacial score (nSPS) is 12.8. The molecule has 11 heteroatoms. The first-order valence-corrected chi connectivity index (χ1v) is 4.07. The van der Waals surface area contributed by atoms with E-state index in [4.69, 9.17) is 0 Å². The summed E-state index contributed by atoms with van der Waals surface area (Å²) in [6.45, 7) is -2.65. The molecule has 0 N–H and O–H groups in total. The molecule has 0 saturated carbocycles. The minimum atomic E-state index is -4.51. The third-order valence-electron chi connectivity index (χ3n) is 1.78. The summed E-state index contributed by atoms with van der Waals surface area (Å²) in [6.07, 6.45) is -4.01. The summed E-state index contributed by atoms with van der Waals surface area (Å²) >= 11 is 0. The Morgan fingerprint density at radius 1 is 1.18 bits per heavy atom. The molecule has 0 amide bonds. The molecule has 0 bridgehead atoms. The molecule has 0 rings (SSSR count). The van der Waals surface area contributed by atoms with Gasteiger partial charge in [0, 0.05) is 0 Å². The Morgan fingerprint density at radius 3 is 1.88 bits per heavy atom. The fraction of sp³-hybridized carbons (Fsp3) is 1.00. The average Bonchev–Trinajstić information content (AvgIpc) is 2.16. The minimum Gasteiger partial charge on any atom is -0.360 e. The molecule has 0 aliphatic carbocycles. The van der Waals surface area contributed by atoms with E-state index in [1.165, 1.54) is 0 Å². The van der Waals surface area contributed by atoms with Crippen LogP contribution in [0.3, 0.4) is 0 Å². The summed E-state index contributed by atoms with van der Waals surface area (Å²) < 4.78 is 51.9. The van der Waals surface area contributed by atoms with Crippen molar-refractivity contribution in [3.8, 4) is 0 Å². The molecule has 0 aliphatic rings. The van der Waals surface area contributed by atoms with E-state index >= 15 is 0 Å². The topological polar surface area (TPSA) is 95.5 Å². The van der Waals surface area contributed by atoms with E-state index in [0.29, 0.717) is 6.92 Å². The van der Waals surface area contributed by atoms with Crippen molar-refractivity contribution in [2.45, 2.75) is 24.9 Å². The molecule has 0 aliphatic heterocycles. The van der Waals surface area contributed by atoms with E-state index in [0.717, 1.165) is 0 Å². The lowest BCUT2D eigenvalue weighted by molar-refractivity contribution is -0.794. The van der Waals surface area contributed by atoms with Crippen molar-refractivity contribution in [2.75, 3.05) is 13.2 Å². The fourth-order valence-corrected chi connectivity index (χ4v) is 0.616. The Labute approximate surface area is 91.6 Å². The summed E-state index contributed by atoms with van der Waals surface area (Å²) in [4.78, 5) is 17.9. The van der Waals surface area contributed by atoms with Gasteiger partial charge in [0.25, 0.3) is 0 Å². The van der Waals surface area contributed by atoms with Crippen molar-refractivity contribution in [1.82, 2.24) is 0 Å². The number of hydrogen-bond acceptors (Lipinski definition) is 5. The Morgan fingerprint density at radius 2 is 1.59 bits per heavy atom. The number of alkyl halides is 4. The van der Waals surface area contributed by atoms with Crippen molar-refractivity contribution in [1.29, 1.82) is 0 Å². The Kier molecular flexibility index (Phi) is 4.74. The molecule has 7 nitrogen and oxygen atoms in total. The van der Waals surface area contributed by atoms with Gasteiger partial charge in [-0.1, -0.05) is 0 Å². The molecule has 0 atom stereocenters. The van der Waals surface area contributed by atoms with Gasteiger partial charge in [-0.25, -0.2) is 8.78 Å². The van der Waals surface area contributed by atoms with Gasteiger partial charge in [-0.3, -0.25) is 20.2 Å². The summed E-state index contributed by atoms with van der Waals surface area (Å²) in [6, 6.07) is 0. The maximum atomic E-state index is 12.3. The Balaban J connectivity index is 4.46. The quantitative estimate of drug-likeness (QED) is 0.297. The van der Waals surface area contributed by atoms with Gasteiger partial charge in [0.15, 0.2) is 6.61 Å². The third kappa shape index (κ3) is 3.76. The van der Waals surface area contributed by atoms with Crippen LogP contribution >= 0.6 is 0 Å². The number of nitrogens with zero attached hydrogens (tertiary/aromatic N) is 2. The summed E-state index contributed by atoms with van der Waals surface area (Å²) in [5.74, 6) is -4.51. The third-order valence-corrected chi connectivity index (χ3v) is 1.78. The van der Waals surface area contributed by atoms with Crippen LogP contribution < -0.4 is 0 Å². The lowest BCUT2D eigenvalue weighted by Crippen LogP contribution is -2.48. The van der Waals surface area contributed by atoms with E-state index in [-0.39, 0.29) is 0 Å². The fourth-order valence-electron chi connectivity index (χ4n) is 0.616. The Hall–Kier alpha value is -1.52. The number of rotatable bonds is 7. The van der Waals surface area contributed by atoms with Crippen LogP contribution in [0.15, 0.2) is 0 Å². The monoisotopic (exact) mass is 264 g/mol. The minimum absolute atomic E-state index is 0.521. The summed E-state index contributed by atoms with van der Waals surface area (Å²) in [5, 5.41) is 20.6. The van der Waals surface area contributed by atoms with Gasteiger partial charge >= 0.3 is 18.0 Å². The number of hydrogen-bond donors (Lipinski definition) is 0. The first-order chi connectivity index (χ1) is 7.54. The lowest BCUT2D eigenvalue weighted by atomic mass is 10.2. The van der Waals surface area contributed by atoms with Crippen LogP contribution in [-0.4, -0.2) is 41.1 Å². The molecule has 17 heavy (non-hydrogen) atoms. The van der Waals surface area contributed by atoms with Gasteiger partial charge in [0.1, 0.15) is 16.5 Å². The molecular formula is C6H8F4N2O5. The molecule has 0 saturated heterocycles. The second-order valence-electron chi connectivity index (χ2n) is 3.29. The van der Waals surface area contributed by atoms with Crippen molar-refractivity contribution < 1.29 is 32.1 Å². The zero-order chi connectivity index (χ0) is 13.9. The molecule has 0 heterocycles. The SMILES string of the molecule is CC(COCC(F)(F)C(F)F)([N+](=O)[O-])[N+](=O)[O-]. The second-order valence-corrected chi connectivity index (χ2v) is 3.29. The van der Waals surface area contributed by atoms with Crippen molar-refractivity contribution in [3.05, 3.63) is 20.2 Å². The first-order valence-electron chi connectivity index (χ1n) is 4.07. The summed E-state index contributed by atoms with van der Waals surface area (Å²) in [7, 11) is 0. The van der Waals surface area contributed by atoms with Gasteiger partial charge in [0.05, 0.1) is 6.92 Å². The number of nitro groups is 2. The van der Waals surface area contributed by atoms with E-state index in [2.05, 4.69) is 4.74 Å². The highest BCUT2D eigenvalue weighted by Crippen LogP contribution is 2.23. The highest BCUT2D eigenvalue weighted by molar-refractivity contribution is 4.69. The van der Waals surface area contributed by atoms with E-state index < -0.39 is 41.1 Å². The van der Waals surface area contributed by atoms with Gasteiger partial charge in [-0.2, -0.15) is 8.78 Å². The molecule has 0 fully saturated rings. The van der Waals surface area contributed by atoms with E-state index in [1.807, 2.05) is 0 Å². The predicted molar refractivity (Wildman–Crippen MR) is 44.2 cm³/mol. The smallest absolute Gasteiger partial charge is 0.360 e. The molecule has 0 spiro atoms. The number of halogens is 4. The van der Waals surface area contributed by atoms with Crippen LogP contribution in [0.5, 0.6) is 0 Å². The summed E-state index contributed by atoms with van der Waals surface area (Å²) in [5.41, 5.74) is -2.85. The predicted octanol–water partition coefficient (Wildman–Crippen LogP) is 1.17. The molecule has 0 aromatic carbocycles. The van der Waals surface area contributed by atoms with Crippen LogP contribution in [-0.2, 0) is 4.74 Å². The van der Waals surface area contributed by atoms with Crippen LogP contribution in [0.1, 0.15) is 6.92 Å². The van der Waals surface area contributed by atoms with Crippen LogP contribution in [0.4, 0.5) is 17.6 Å². The molecular weight excluding hydrogens is 256 g/mol. The molecule has 0 unspecified atom stereocenters. The van der Waals surface area contributed by atoms with Gasteiger partial charge in [0.2, 0.25) is 0 Å². The highest BCUT2D eigenvalue weighted by Gasteiger charge is 2.52. The van der Waals surface area contributed by atoms with E-state index in [9.17, 15) is 37.8 Å². The van der Waals surface area contributed by atoms with Gasteiger partial charge in [-0.05, 0) is 0 Å². The first kappa shape index (κ1) is 15.5. The molecule has 0 radical (unpaired) electrons. The van der Waals surface area contributed by atoms with Crippen LogP contribution in [0.2, 0.25) is 0 Å². The standard InChI is InChI=1S/C6H8F4N2O5/c1-5(11(13)14,12(15)16)2-17-3-6(9,10)4(7)8/h4H,2-3H2,1H3. The van der Waals surface area contributed by atoms with Crippen molar-refractivity contribution in [2.24, 2.45) is 0 Å². The molecule has 0 aromatic heterocycles. The largest absolute Gasteiger partial charge is 0.478 e. The average molecular weight is 264 g/mol. The zero-order valence-electron chi connectivity index (χ0n) is 8.44. The maximum Gasteiger partial charge on any atom is 0.478 e. The Bertz CT molecular complexity index is 297. The van der Waals surface area contributed by atoms with Crippen molar-refractivity contribution in [3.63, 3.8) is 0 Å². The van der Waals surface area contributed by atoms with Crippen LogP contribution in [0.25, 0.3) is 0 Å². The van der Waals surface area contributed by atoms with Gasteiger partial charge in [-0.15, -0.1) is 0 Å². The second kappa shape index (κ2) is 5.21. The maximum absolute atomic E-state index is 12.3. The zero-order valence-corrected chi connectivity index (χ0v) is 8.44.